The molecule has 0 radical (unpaired) electrons. The van der Waals surface area contributed by atoms with Gasteiger partial charge in [0, 0.05) is 43.3 Å². The third-order valence-corrected chi connectivity index (χ3v) is 6.61. The summed E-state index contributed by atoms with van der Waals surface area (Å²) in [5, 5.41) is 13.5. The van der Waals surface area contributed by atoms with Crippen LogP contribution in [-0.2, 0) is 4.79 Å². The van der Waals surface area contributed by atoms with E-state index in [1.54, 1.807) is 11.1 Å². The minimum Gasteiger partial charge on any atom is -0.366 e. The first-order valence-electron chi connectivity index (χ1n) is 10.8. The lowest BCUT2D eigenvalue weighted by atomic mass is 9.96. The number of fused-ring (bicyclic) bond motifs is 2. The predicted molar refractivity (Wildman–Crippen MR) is 133 cm³/mol. The molecule has 0 bridgehead atoms. The quantitative estimate of drug-likeness (QED) is 0.390. The Balaban J connectivity index is 1.62. The third kappa shape index (κ3) is 3.59. The molecule has 3 aromatic carbocycles. The van der Waals surface area contributed by atoms with E-state index in [1.807, 2.05) is 30.3 Å². The first-order valence-corrected chi connectivity index (χ1v) is 11.2. The van der Waals surface area contributed by atoms with E-state index >= 15 is 0 Å². The van der Waals surface area contributed by atoms with Gasteiger partial charge in [-0.25, -0.2) is 0 Å². The number of carbonyl (C=O) groups is 1. The molecule has 4 aromatic rings. The average Bonchev–Trinajstić information content (AvgIpc) is 2.87. The number of rotatable bonds is 3. The van der Waals surface area contributed by atoms with E-state index in [2.05, 4.69) is 46.8 Å². The summed E-state index contributed by atoms with van der Waals surface area (Å²) in [5.41, 5.74) is 3.94. The van der Waals surface area contributed by atoms with Crippen LogP contribution in [0.5, 0.6) is 0 Å². The Morgan fingerprint density at radius 3 is 2.52 bits per heavy atom. The van der Waals surface area contributed by atoms with E-state index < -0.39 is 0 Å². The van der Waals surface area contributed by atoms with Crippen molar-refractivity contribution in [2.45, 2.75) is 0 Å². The number of pyridine rings is 1. The summed E-state index contributed by atoms with van der Waals surface area (Å²) in [6.45, 7) is 5.96. The number of carbonyl (C=O) groups excluding carboxylic acids is 1. The van der Waals surface area contributed by atoms with Crippen LogP contribution in [0, 0.1) is 11.3 Å². The summed E-state index contributed by atoms with van der Waals surface area (Å²) in [5.74, 6) is -0.0717. The fourth-order valence-electron chi connectivity index (χ4n) is 4.59. The lowest BCUT2D eigenvalue weighted by Crippen LogP contribution is -2.48. The van der Waals surface area contributed by atoms with E-state index in [4.69, 9.17) is 11.6 Å². The van der Waals surface area contributed by atoms with Crippen molar-refractivity contribution >= 4 is 44.9 Å². The highest BCUT2D eigenvalue weighted by Gasteiger charge is 2.24. The first-order chi connectivity index (χ1) is 16.1. The molecule has 1 aliphatic rings. The van der Waals surface area contributed by atoms with Crippen molar-refractivity contribution < 1.29 is 4.79 Å². The van der Waals surface area contributed by atoms with E-state index in [0.29, 0.717) is 42.3 Å². The van der Waals surface area contributed by atoms with E-state index in [0.717, 1.165) is 33.0 Å². The summed E-state index contributed by atoms with van der Waals surface area (Å²) < 4.78 is 0. The smallest absolute Gasteiger partial charge is 0.246 e. The van der Waals surface area contributed by atoms with Crippen LogP contribution in [0.15, 0.2) is 73.4 Å². The molecule has 5 nitrogen and oxygen atoms in total. The van der Waals surface area contributed by atoms with Gasteiger partial charge in [0.25, 0.3) is 0 Å². The van der Waals surface area contributed by atoms with E-state index in [1.165, 1.54) is 6.08 Å². The monoisotopic (exact) mass is 452 g/mol. The van der Waals surface area contributed by atoms with Gasteiger partial charge in [-0.05, 0) is 28.5 Å². The minimum absolute atomic E-state index is 0.0717. The van der Waals surface area contributed by atoms with Gasteiger partial charge < -0.3 is 9.80 Å². The second-order valence-electron chi connectivity index (χ2n) is 8.00. The van der Waals surface area contributed by atoms with Crippen LogP contribution in [0.4, 0.5) is 5.69 Å². The van der Waals surface area contributed by atoms with Gasteiger partial charge in [0.2, 0.25) is 5.91 Å². The van der Waals surface area contributed by atoms with Gasteiger partial charge in [-0.1, -0.05) is 66.7 Å². The molecule has 0 spiro atoms. The summed E-state index contributed by atoms with van der Waals surface area (Å²) in [6, 6.07) is 20.7. The lowest BCUT2D eigenvalue weighted by molar-refractivity contribution is -0.126. The average molecular weight is 453 g/mol. The van der Waals surface area contributed by atoms with Crippen molar-refractivity contribution in [3.8, 4) is 17.2 Å². The van der Waals surface area contributed by atoms with E-state index in [9.17, 15) is 10.1 Å². The Morgan fingerprint density at radius 2 is 1.76 bits per heavy atom. The highest BCUT2D eigenvalue weighted by Crippen LogP contribution is 2.40. The number of nitrogens with zero attached hydrogens (tertiary/aromatic N) is 4. The number of piperazine rings is 1. The van der Waals surface area contributed by atoms with Crippen molar-refractivity contribution in [3.63, 3.8) is 0 Å². The lowest BCUT2D eigenvalue weighted by Gasteiger charge is -2.36. The van der Waals surface area contributed by atoms with Crippen LogP contribution in [0.25, 0.3) is 32.8 Å². The maximum absolute atomic E-state index is 12.0. The van der Waals surface area contributed by atoms with Gasteiger partial charge >= 0.3 is 0 Å². The molecule has 0 saturated carbocycles. The number of hydrogen-bond donors (Lipinski definition) is 0. The minimum atomic E-state index is -0.0717. The molecule has 0 aliphatic carbocycles. The number of aromatic nitrogens is 1. The van der Waals surface area contributed by atoms with Crippen molar-refractivity contribution in [2.75, 3.05) is 31.1 Å². The molecule has 6 heteroatoms. The fourth-order valence-corrected chi connectivity index (χ4v) is 4.90. The van der Waals surface area contributed by atoms with Crippen LogP contribution < -0.4 is 4.90 Å². The zero-order chi connectivity index (χ0) is 22.9. The van der Waals surface area contributed by atoms with Gasteiger partial charge in [0.05, 0.1) is 21.8 Å². The molecule has 33 heavy (non-hydrogen) atoms. The highest BCUT2D eigenvalue weighted by molar-refractivity contribution is 6.38. The summed E-state index contributed by atoms with van der Waals surface area (Å²) in [4.78, 5) is 20.4. The molecule has 1 aromatic heterocycles. The Hall–Kier alpha value is -3.88. The summed E-state index contributed by atoms with van der Waals surface area (Å²) in [6.07, 6.45) is 2.94. The predicted octanol–water partition coefficient (Wildman–Crippen LogP) is 5.41. The maximum atomic E-state index is 12.0. The molecule has 1 amide bonds. The summed E-state index contributed by atoms with van der Waals surface area (Å²) >= 11 is 6.94. The Kier molecular flexibility index (Phi) is 5.45. The van der Waals surface area contributed by atoms with Gasteiger partial charge in [-0.2, -0.15) is 5.26 Å². The molecule has 2 heterocycles. The SMILES string of the molecule is C=CC(=O)N1CCN(c2c(C#N)cnc3c(Cl)c(-c4cccc5ccccc45)ccc23)CC1. The van der Waals surface area contributed by atoms with Crippen molar-refractivity contribution in [3.05, 3.63) is 84.0 Å². The Morgan fingerprint density at radius 1 is 1.00 bits per heavy atom. The molecule has 1 saturated heterocycles. The second-order valence-corrected chi connectivity index (χ2v) is 8.38. The zero-order valence-electron chi connectivity index (χ0n) is 18.0. The maximum Gasteiger partial charge on any atom is 0.246 e. The molecule has 0 atom stereocenters. The number of benzene rings is 3. The van der Waals surface area contributed by atoms with Crippen molar-refractivity contribution in [2.24, 2.45) is 0 Å². The molecule has 1 fully saturated rings. The molecule has 162 valence electrons. The molecule has 0 unspecified atom stereocenters. The van der Waals surface area contributed by atoms with Gasteiger partial charge in [-0.3, -0.25) is 9.78 Å². The van der Waals surface area contributed by atoms with Gasteiger partial charge in [0.1, 0.15) is 6.07 Å². The van der Waals surface area contributed by atoms with Crippen LogP contribution >= 0.6 is 11.6 Å². The third-order valence-electron chi connectivity index (χ3n) is 6.23. The standard InChI is InChI=1S/C27H21ClN4O/c1-2-24(33)31-12-14-32(15-13-31)27-19(16-29)17-30-26-23(27)11-10-22(25(26)28)21-9-5-7-18-6-3-4-8-20(18)21/h2-11,17H,1,12-15H2. The number of amides is 1. The second kappa shape index (κ2) is 8.57. The van der Waals surface area contributed by atoms with Crippen molar-refractivity contribution in [1.82, 2.24) is 9.88 Å². The topological polar surface area (TPSA) is 60.2 Å². The molecule has 1 aliphatic heterocycles. The number of halogens is 1. The Labute approximate surface area is 197 Å². The zero-order valence-corrected chi connectivity index (χ0v) is 18.7. The van der Waals surface area contributed by atoms with Gasteiger partial charge in [0.15, 0.2) is 0 Å². The summed E-state index contributed by atoms with van der Waals surface area (Å²) in [7, 11) is 0. The highest BCUT2D eigenvalue weighted by atomic mass is 35.5. The molecule has 0 N–H and O–H groups in total. The number of nitriles is 1. The van der Waals surface area contributed by atoms with Crippen LogP contribution in [-0.4, -0.2) is 42.0 Å². The van der Waals surface area contributed by atoms with Crippen LogP contribution in [0.3, 0.4) is 0 Å². The molecular formula is C27H21ClN4O. The largest absolute Gasteiger partial charge is 0.366 e. The number of anilines is 1. The molecular weight excluding hydrogens is 432 g/mol. The van der Waals surface area contributed by atoms with Crippen molar-refractivity contribution in [1.29, 1.82) is 5.26 Å². The van der Waals surface area contributed by atoms with Crippen LogP contribution in [0.2, 0.25) is 5.02 Å². The van der Waals surface area contributed by atoms with Gasteiger partial charge in [-0.15, -0.1) is 0 Å². The molecule has 5 rings (SSSR count). The number of hydrogen-bond acceptors (Lipinski definition) is 4. The van der Waals surface area contributed by atoms with E-state index in [-0.39, 0.29) is 5.91 Å². The fraction of sp³-hybridized carbons (Fsp3) is 0.148. The normalized spacial score (nSPS) is 13.8. The van der Waals surface area contributed by atoms with Crippen LogP contribution in [0.1, 0.15) is 5.56 Å². The first kappa shape index (κ1) is 21.0. The Bertz CT molecular complexity index is 1440.